The van der Waals surface area contributed by atoms with Gasteiger partial charge >= 0.3 is 5.96 Å². The summed E-state index contributed by atoms with van der Waals surface area (Å²) in [5.41, 5.74) is -2.48. The van der Waals surface area contributed by atoms with Crippen LogP contribution in [0.5, 0.6) is 0 Å². The molecule has 1 fully saturated rings. The van der Waals surface area contributed by atoms with Gasteiger partial charge in [-0.3, -0.25) is 4.90 Å². The van der Waals surface area contributed by atoms with E-state index in [1.165, 1.54) is 4.90 Å². The van der Waals surface area contributed by atoms with Crippen molar-refractivity contribution in [2.75, 3.05) is 39.9 Å². The Balaban J connectivity index is 3.37. The van der Waals surface area contributed by atoms with Crippen LogP contribution >= 0.6 is 0 Å². The quantitative estimate of drug-likeness (QED) is 0.486. The molecule has 0 radical (unpaired) electrons. The Hall–Kier alpha value is -0.770. The Morgan fingerprint density at radius 1 is 1.00 bits per heavy atom. The largest absolute Gasteiger partial charge is 0.621 e. The van der Waals surface area contributed by atoms with Gasteiger partial charge in [0, 0.05) is 26.7 Å². The van der Waals surface area contributed by atoms with Gasteiger partial charge in [0.1, 0.15) is 6.73 Å². The molecule has 1 saturated heterocycles. The third-order valence-corrected chi connectivity index (χ3v) is 4.42. The van der Waals surface area contributed by atoms with Gasteiger partial charge in [-0.05, 0) is 34.6 Å². The smallest absolute Gasteiger partial charge is 0.306 e. The number of guanidine groups is 1. The van der Waals surface area contributed by atoms with Gasteiger partial charge in [-0.1, -0.05) is 0 Å². The minimum absolute atomic E-state index is 0.0862. The van der Waals surface area contributed by atoms with Crippen LogP contribution in [0.4, 0.5) is 0 Å². The fraction of sp³-hybridized carbons (Fsp3) is 0.933. The molecule has 23 heavy (non-hydrogen) atoms. The maximum absolute atomic E-state index is 13.6. The molecule has 0 saturated carbocycles. The Morgan fingerprint density at radius 3 is 2.04 bits per heavy atom. The lowest BCUT2D eigenvalue weighted by Gasteiger charge is -2.49. The summed E-state index contributed by atoms with van der Waals surface area (Å²) in [7, 11) is 0. The van der Waals surface area contributed by atoms with Crippen LogP contribution in [0.25, 0.3) is 0 Å². The van der Waals surface area contributed by atoms with Crippen LogP contribution in [0, 0.1) is 10.6 Å². The second-order valence-electron chi connectivity index (χ2n) is 5.57. The molecular formula is C15H31N3O5. The minimum Gasteiger partial charge on any atom is -0.621 e. The monoisotopic (exact) mass is 333 g/mol. The van der Waals surface area contributed by atoms with E-state index in [1.54, 1.807) is 13.8 Å². The lowest BCUT2D eigenvalue weighted by Crippen LogP contribution is -2.67. The van der Waals surface area contributed by atoms with E-state index < -0.39 is 16.1 Å². The van der Waals surface area contributed by atoms with E-state index in [0.29, 0.717) is 26.4 Å². The van der Waals surface area contributed by atoms with Crippen molar-refractivity contribution in [3.8, 4) is 0 Å². The molecule has 0 spiro atoms. The molecule has 8 heteroatoms. The fourth-order valence-corrected chi connectivity index (χ4v) is 2.97. The van der Waals surface area contributed by atoms with Crippen LogP contribution in [0.1, 0.15) is 41.5 Å². The zero-order chi connectivity index (χ0) is 17.7. The van der Waals surface area contributed by atoms with Crippen molar-refractivity contribution in [3.05, 3.63) is 5.21 Å². The summed E-state index contributed by atoms with van der Waals surface area (Å²) >= 11 is 0. The number of hydrogen-bond acceptors (Lipinski definition) is 6. The number of nitrogens with zero attached hydrogens (tertiary/aromatic N) is 2. The van der Waals surface area contributed by atoms with Crippen molar-refractivity contribution in [2.45, 2.75) is 53.0 Å². The summed E-state index contributed by atoms with van der Waals surface area (Å²) in [4.78, 5) is 1.53. The molecule has 1 heterocycles. The van der Waals surface area contributed by atoms with Gasteiger partial charge in [-0.2, -0.15) is 0 Å². The number of hydroxylamine groups is 3. The van der Waals surface area contributed by atoms with Crippen LogP contribution in [0.3, 0.4) is 0 Å². The Bertz CT molecular complexity index is 411. The molecule has 136 valence electrons. The minimum atomic E-state index is -1.35. The van der Waals surface area contributed by atoms with Crippen LogP contribution in [0.2, 0.25) is 0 Å². The molecule has 0 aliphatic carbocycles. The molecule has 3 unspecified atom stereocenters. The molecule has 3 atom stereocenters. The van der Waals surface area contributed by atoms with Crippen molar-refractivity contribution in [1.29, 1.82) is 5.41 Å². The van der Waals surface area contributed by atoms with Crippen molar-refractivity contribution >= 4 is 5.96 Å². The van der Waals surface area contributed by atoms with Gasteiger partial charge in [0.25, 0.3) is 5.72 Å². The molecule has 0 bridgehead atoms. The highest BCUT2D eigenvalue weighted by atomic mass is 16.7. The number of rotatable bonds is 10. The summed E-state index contributed by atoms with van der Waals surface area (Å²) < 4.78 is 21.6. The highest BCUT2D eigenvalue weighted by Gasteiger charge is 2.71. The summed E-state index contributed by atoms with van der Waals surface area (Å²) in [5, 5.41) is 22.0. The maximum Gasteiger partial charge on any atom is 0.306 e. The molecule has 1 aliphatic heterocycles. The zero-order valence-electron chi connectivity index (χ0n) is 15.2. The molecule has 0 aromatic heterocycles. The van der Waals surface area contributed by atoms with Crippen molar-refractivity contribution in [3.63, 3.8) is 0 Å². The topological polar surface area (TPSA) is 87.1 Å². The molecule has 0 amide bonds. The molecule has 1 N–H and O–H groups in total. The molecule has 8 nitrogen and oxygen atoms in total. The highest BCUT2D eigenvalue weighted by Crippen LogP contribution is 2.47. The lowest BCUT2D eigenvalue weighted by molar-refractivity contribution is -0.896. The fourth-order valence-electron chi connectivity index (χ4n) is 2.97. The second-order valence-corrected chi connectivity index (χ2v) is 5.57. The molecule has 1 aliphatic rings. The van der Waals surface area contributed by atoms with Gasteiger partial charge in [0.15, 0.2) is 6.73 Å². The Morgan fingerprint density at radius 2 is 1.57 bits per heavy atom. The Kier molecular flexibility index (Phi) is 6.94. The van der Waals surface area contributed by atoms with Crippen molar-refractivity contribution in [1.82, 2.24) is 4.90 Å². The first-order chi connectivity index (χ1) is 10.8. The molecule has 0 aromatic carbocycles. The number of ether oxygens (including phenoxy) is 4. The predicted molar refractivity (Wildman–Crippen MR) is 86.2 cm³/mol. The summed E-state index contributed by atoms with van der Waals surface area (Å²) in [6.45, 7) is 12.2. The van der Waals surface area contributed by atoms with Crippen molar-refractivity contribution in [2.24, 2.45) is 0 Å². The van der Waals surface area contributed by atoms with Gasteiger partial charge in [-0.15, -0.1) is 0 Å². The van der Waals surface area contributed by atoms with Crippen LogP contribution in [-0.4, -0.2) is 66.8 Å². The first-order valence-electron chi connectivity index (χ1n) is 8.18. The SMILES string of the molecule is CCOCN1C(=N)[N+]([O-])(COCC)C(C)(OCC)C1(C)OCC. The van der Waals surface area contributed by atoms with Crippen molar-refractivity contribution < 1.29 is 23.6 Å². The standard InChI is InChI=1S/C15H31N3O5/c1-7-20-11-17-13(16)18(19,12-21-8-2)15(6,23-10-4)14(17,5)22-9-3/h16H,7-12H2,1-6H3. The van der Waals surface area contributed by atoms with Crippen LogP contribution < -0.4 is 0 Å². The number of quaternary nitrogens is 1. The summed E-state index contributed by atoms with van der Waals surface area (Å²) in [6, 6.07) is 0. The Labute approximate surface area is 138 Å². The third kappa shape index (κ3) is 3.11. The predicted octanol–water partition coefficient (Wildman–Crippen LogP) is 2.04. The number of nitrogens with one attached hydrogen (secondary N) is 1. The first-order valence-corrected chi connectivity index (χ1v) is 8.18. The van der Waals surface area contributed by atoms with E-state index in [9.17, 15) is 5.21 Å². The maximum atomic E-state index is 13.6. The van der Waals surface area contributed by atoms with Crippen LogP contribution in [-0.2, 0) is 18.9 Å². The average Bonchev–Trinajstić information content (AvgIpc) is 2.62. The van der Waals surface area contributed by atoms with E-state index in [1.807, 2.05) is 27.7 Å². The second kappa shape index (κ2) is 7.87. The number of hydrogen-bond donors (Lipinski definition) is 1. The average molecular weight is 333 g/mol. The van der Waals surface area contributed by atoms with Gasteiger partial charge in [-0.25, -0.2) is 10.1 Å². The third-order valence-electron chi connectivity index (χ3n) is 4.42. The lowest BCUT2D eigenvalue weighted by atomic mass is 10.0. The van der Waals surface area contributed by atoms with E-state index >= 15 is 0 Å². The highest BCUT2D eigenvalue weighted by molar-refractivity contribution is 5.74. The zero-order valence-corrected chi connectivity index (χ0v) is 15.2. The molecule has 1 rings (SSSR count). The van der Waals surface area contributed by atoms with E-state index in [-0.39, 0.29) is 19.4 Å². The van der Waals surface area contributed by atoms with Crippen LogP contribution in [0.15, 0.2) is 0 Å². The summed E-state index contributed by atoms with van der Waals surface area (Å²) in [6.07, 6.45) is 0. The van der Waals surface area contributed by atoms with Gasteiger partial charge in [0.05, 0.1) is 6.61 Å². The van der Waals surface area contributed by atoms with E-state index in [4.69, 9.17) is 24.4 Å². The first kappa shape index (κ1) is 20.3. The van der Waals surface area contributed by atoms with E-state index in [2.05, 4.69) is 0 Å². The van der Waals surface area contributed by atoms with E-state index in [0.717, 1.165) is 0 Å². The summed E-state index contributed by atoms with van der Waals surface area (Å²) in [5.74, 6) is -0.182. The van der Waals surface area contributed by atoms with Gasteiger partial charge in [0.2, 0.25) is 5.72 Å². The van der Waals surface area contributed by atoms with Gasteiger partial charge < -0.3 is 24.2 Å². The normalized spacial score (nSPS) is 34.4. The molecule has 0 aromatic rings. The molecular weight excluding hydrogens is 302 g/mol.